The summed E-state index contributed by atoms with van der Waals surface area (Å²) < 4.78 is 0. The lowest BCUT2D eigenvalue weighted by Crippen LogP contribution is -2.49. The number of hydrogen-bond donors (Lipinski definition) is 1. The summed E-state index contributed by atoms with van der Waals surface area (Å²) in [6.07, 6.45) is -0.0972. The van der Waals surface area contributed by atoms with E-state index in [1.54, 1.807) is 0 Å². The highest BCUT2D eigenvalue weighted by molar-refractivity contribution is 4.83. The van der Waals surface area contributed by atoms with Gasteiger partial charge in [0.25, 0.3) is 0 Å². The number of hydrogen-bond acceptors (Lipinski definition) is 2. The topological polar surface area (TPSA) is 23.5 Å². The molecule has 2 nitrogen and oxygen atoms in total. The molecule has 0 aliphatic carbocycles. The fourth-order valence-corrected chi connectivity index (χ4v) is 2.01. The van der Waals surface area contributed by atoms with Crippen LogP contribution in [0, 0.1) is 11.8 Å². The summed E-state index contributed by atoms with van der Waals surface area (Å²) in [5.74, 6) is 0.854. The smallest absolute Gasteiger partial charge is 0.0615 e. The number of aliphatic hydroxyl groups excluding tert-OH is 1. The Bertz CT molecular complexity index is 135. The van der Waals surface area contributed by atoms with Gasteiger partial charge in [-0.25, -0.2) is 0 Å². The molecule has 2 unspecified atom stereocenters. The van der Waals surface area contributed by atoms with Crippen LogP contribution in [0.4, 0.5) is 0 Å². The average Bonchev–Trinajstić information content (AvgIpc) is 2.16. The highest BCUT2D eigenvalue weighted by atomic mass is 16.3. The summed E-state index contributed by atoms with van der Waals surface area (Å²) in [6.45, 7) is 14.8. The molecule has 1 aliphatic heterocycles. The van der Waals surface area contributed by atoms with Gasteiger partial charge < -0.3 is 10.0 Å². The monoisotopic (exact) mass is 201 g/mol. The first kappa shape index (κ1) is 13.9. The van der Waals surface area contributed by atoms with Gasteiger partial charge in [0, 0.05) is 19.1 Å². The molecule has 1 fully saturated rings. The Kier molecular flexibility index (Phi) is 6.38. The Labute approximate surface area is 89.3 Å². The maximum atomic E-state index is 9.72. The lowest BCUT2D eigenvalue weighted by Gasteiger charge is -2.40. The van der Waals surface area contributed by atoms with Gasteiger partial charge >= 0.3 is 0 Å². The van der Waals surface area contributed by atoms with Crippen LogP contribution in [0.2, 0.25) is 0 Å². The molecule has 14 heavy (non-hydrogen) atoms. The average molecular weight is 201 g/mol. The maximum absolute atomic E-state index is 9.72. The van der Waals surface area contributed by atoms with E-state index in [1.807, 2.05) is 13.8 Å². The summed E-state index contributed by atoms with van der Waals surface area (Å²) in [5.41, 5.74) is 0. The zero-order chi connectivity index (χ0) is 11.3. The summed E-state index contributed by atoms with van der Waals surface area (Å²) in [6, 6.07) is 0.613. The molecule has 1 aliphatic rings. The molecular formula is C12H27NO. The Balaban J connectivity index is 0.000000791. The lowest BCUT2D eigenvalue weighted by molar-refractivity contribution is -0.0180. The van der Waals surface area contributed by atoms with Crippen LogP contribution in [0.1, 0.15) is 41.5 Å². The molecule has 0 saturated carbocycles. The van der Waals surface area contributed by atoms with E-state index in [1.165, 1.54) is 0 Å². The summed E-state index contributed by atoms with van der Waals surface area (Å²) >= 11 is 0. The normalized spacial score (nSPS) is 33.9. The van der Waals surface area contributed by atoms with Crippen LogP contribution in [0.25, 0.3) is 0 Å². The van der Waals surface area contributed by atoms with E-state index in [2.05, 4.69) is 32.6 Å². The van der Waals surface area contributed by atoms with Crippen molar-refractivity contribution in [3.05, 3.63) is 0 Å². The van der Waals surface area contributed by atoms with Crippen molar-refractivity contribution in [1.82, 2.24) is 4.90 Å². The standard InChI is InChI=1S/C10H21NO.C2H6/c1-7(2)11-5-8(3)10(12)9(4)6-11;1-2/h7-10,12H,5-6H2,1-4H3;1-2H3. The van der Waals surface area contributed by atoms with Crippen molar-refractivity contribution in [2.75, 3.05) is 13.1 Å². The summed E-state index contributed by atoms with van der Waals surface area (Å²) in [7, 11) is 0. The molecule has 1 N–H and O–H groups in total. The van der Waals surface area contributed by atoms with Gasteiger partial charge in [0.15, 0.2) is 0 Å². The molecule has 0 aromatic heterocycles. The number of rotatable bonds is 1. The Morgan fingerprint density at radius 3 is 1.71 bits per heavy atom. The predicted octanol–water partition coefficient (Wildman–Crippen LogP) is 2.37. The minimum Gasteiger partial charge on any atom is -0.392 e. The van der Waals surface area contributed by atoms with Gasteiger partial charge in [-0.15, -0.1) is 0 Å². The van der Waals surface area contributed by atoms with Gasteiger partial charge in [0.2, 0.25) is 0 Å². The largest absolute Gasteiger partial charge is 0.392 e. The molecule has 0 bridgehead atoms. The summed E-state index contributed by atoms with van der Waals surface area (Å²) in [4.78, 5) is 2.45. The van der Waals surface area contributed by atoms with Crippen LogP contribution >= 0.6 is 0 Å². The molecule has 2 heteroatoms. The molecule has 1 rings (SSSR count). The van der Waals surface area contributed by atoms with Crippen LogP contribution in [-0.4, -0.2) is 35.2 Å². The molecular weight excluding hydrogens is 174 g/mol. The van der Waals surface area contributed by atoms with E-state index in [-0.39, 0.29) is 6.10 Å². The van der Waals surface area contributed by atoms with E-state index in [4.69, 9.17) is 0 Å². The lowest BCUT2D eigenvalue weighted by atomic mass is 9.88. The van der Waals surface area contributed by atoms with Crippen LogP contribution in [0.3, 0.4) is 0 Å². The molecule has 86 valence electrons. The van der Waals surface area contributed by atoms with Gasteiger partial charge in [-0.05, 0) is 25.7 Å². The van der Waals surface area contributed by atoms with Crippen molar-refractivity contribution in [2.24, 2.45) is 11.8 Å². The van der Waals surface area contributed by atoms with E-state index in [0.717, 1.165) is 13.1 Å². The quantitative estimate of drug-likeness (QED) is 0.704. The molecule has 0 radical (unpaired) electrons. The van der Waals surface area contributed by atoms with Gasteiger partial charge in [0.05, 0.1) is 6.10 Å². The number of aliphatic hydroxyl groups is 1. The van der Waals surface area contributed by atoms with E-state index in [9.17, 15) is 5.11 Å². The van der Waals surface area contributed by atoms with Crippen LogP contribution in [0.5, 0.6) is 0 Å². The van der Waals surface area contributed by atoms with Crippen LogP contribution in [0.15, 0.2) is 0 Å². The second-order valence-electron chi connectivity index (χ2n) is 4.49. The molecule has 1 heterocycles. The zero-order valence-electron chi connectivity index (χ0n) is 10.6. The van der Waals surface area contributed by atoms with Crippen LogP contribution in [-0.2, 0) is 0 Å². The van der Waals surface area contributed by atoms with Crippen molar-refractivity contribution in [3.63, 3.8) is 0 Å². The first-order chi connectivity index (χ1) is 6.52. The van der Waals surface area contributed by atoms with Gasteiger partial charge in [-0.3, -0.25) is 0 Å². The van der Waals surface area contributed by atoms with Gasteiger partial charge in [-0.2, -0.15) is 0 Å². The van der Waals surface area contributed by atoms with E-state index < -0.39 is 0 Å². The Hall–Kier alpha value is -0.0800. The van der Waals surface area contributed by atoms with E-state index in [0.29, 0.717) is 17.9 Å². The highest BCUT2D eigenvalue weighted by Crippen LogP contribution is 2.22. The molecule has 0 amide bonds. The molecule has 0 aromatic carbocycles. The molecule has 0 spiro atoms. The third-order valence-electron chi connectivity index (χ3n) is 2.94. The van der Waals surface area contributed by atoms with Crippen molar-refractivity contribution in [2.45, 2.75) is 53.7 Å². The minimum absolute atomic E-state index is 0.0972. The van der Waals surface area contributed by atoms with Crippen molar-refractivity contribution < 1.29 is 5.11 Å². The molecule has 1 saturated heterocycles. The number of nitrogens with zero attached hydrogens (tertiary/aromatic N) is 1. The zero-order valence-corrected chi connectivity index (χ0v) is 10.6. The number of piperidine rings is 1. The van der Waals surface area contributed by atoms with Gasteiger partial charge in [-0.1, -0.05) is 27.7 Å². The Morgan fingerprint density at radius 2 is 1.43 bits per heavy atom. The fraction of sp³-hybridized carbons (Fsp3) is 1.00. The number of likely N-dealkylation sites (tertiary alicyclic amines) is 1. The minimum atomic E-state index is -0.0972. The second-order valence-corrected chi connectivity index (χ2v) is 4.49. The van der Waals surface area contributed by atoms with E-state index >= 15 is 0 Å². The third-order valence-corrected chi connectivity index (χ3v) is 2.94. The second kappa shape index (κ2) is 6.41. The highest BCUT2D eigenvalue weighted by Gasteiger charge is 2.30. The summed E-state index contributed by atoms with van der Waals surface area (Å²) in [5, 5.41) is 9.72. The van der Waals surface area contributed by atoms with Crippen LogP contribution < -0.4 is 0 Å². The third kappa shape index (κ3) is 3.58. The van der Waals surface area contributed by atoms with Gasteiger partial charge in [0.1, 0.15) is 0 Å². The first-order valence-electron chi connectivity index (χ1n) is 5.94. The fourth-order valence-electron chi connectivity index (χ4n) is 2.01. The molecule has 0 aromatic rings. The SMILES string of the molecule is CC.CC1CN(C(C)C)CC(C)C1O. The maximum Gasteiger partial charge on any atom is 0.0615 e. The predicted molar refractivity (Wildman–Crippen MR) is 62.4 cm³/mol. The van der Waals surface area contributed by atoms with Crippen molar-refractivity contribution in [1.29, 1.82) is 0 Å². The van der Waals surface area contributed by atoms with Crippen molar-refractivity contribution in [3.8, 4) is 0 Å². The Morgan fingerprint density at radius 1 is 1.07 bits per heavy atom. The van der Waals surface area contributed by atoms with Crippen molar-refractivity contribution >= 4 is 0 Å². The molecule has 2 atom stereocenters. The first-order valence-corrected chi connectivity index (χ1v) is 5.94.